The van der Waals surface area contributed by atoms with Crippen molar-refractivity contribution < 1.29 is 19.4 Å². The molecule has 0 aliphatic carbocycles. The summed E-state index contributed by atoms with van der Waals surface area (Å²) in [6.07, 6.45) is 5.23. The topological polar surface area (TPSA) is 109 Å². The predicted octanol–water partition coefficient (Wildman–Crippen LogP) is 6.23. The Hall–Kier alpha value is -4.85. The molecule has 6 rings (SSSR count). The number of hydrogen-bond donors (Lipinski definition) is 2. The van der Waals surface area contributed by atoms with Gasteiger partial charge in [-0.05, 0) is 61.6 Å². The minimum atomic E-state index is -0.474. The van der Waals surface area contributed by atoms with Crippen LogP contribution in [0.4, 0.5) is 5.95 Å². The van der Waals surface area contributed by atoms with Gasteiger partial charge in [0.05, 0.1) is 18.4 Å². The molecule has 1 aliphatic rings. The van der Waals surface area contributed by atoms with Crippen LogP contribution in [0.3, 0.4) is 0 Å². The summed E-state index contributed by atoms with van der Waals surface area (Å²) in [4.78, 5) is 25.0. The zero-order chi connectivity index (χ0) is 28.5. The van der Waals surface area contributed by atoms with Crippen LogP contribution in [0.15, 0.2) is 76.1 Å². The Morgan fingerprint density at radius 2 is 1.76 bits per heavy atom. The fourth-order valence-electron chi connectivity index (χ4n) is 5.61. The van der Waals surface area contributed by atoms with Gasteiger partial charge in [-0.25, -0.2) is 14.8 Å². The second kappa shape index (κ2) is 11.0. The summed E-state index contributed by atoms with van der Waals surface area (Å²) in [6, 6.07) is 17.9. The highest BCUT2D eigenvalue weighted by atomic mass is 16.5. The van der Waals surface area contributed by atoms with Gasteiger partial charge in [0.15, 0.2) is 0 Å². The molecule has 0 amide bonds. The van der Waals surface area contributed by atoms with Crippen LogP contribution in [-0.2, 0) is 6.42 Å². The van der Waals surface area contributed by atoms with Gasteiger partial charge in [-0.2, -0.15) is 0 Å². The Kier molecular flexibility index (Phi) is 7.05. The standard InChI is InChI=1S/C33H31N3O5/c1-20-24-13-14-27(37)26(31(24)41-32(39)29(20)21-9-5-3-6-10-21)17-22-19-34-33(36-15-7-4-8-16-36)35-30(22)25-12-11-23(40-2)18-28(25)38/h3,5-6,9-14,18-19,37-38H,4,7-8,15-17H2,1-2H3. The number of aryl methyl sites for hydroxylation is 1. The van der Waals surface area contributed by atoms with Crippen molar-refractivity contribution in [2.45, 2.75) is 32.6 Å². The largest absolute Gasteiger partial charge is 0.508 e. The monoisotopic (exact) mass is 549 g/mol. The van der Waals surface area contributed by atoms with E-state index >= 15 is 0 Å². The molecule has 5 aromatic rings. The van der Waals surface area contributed by atoms with Gasteiger partial charge in [-0.15, -0.1) is 0 Å². The molecule has 0 saturated carbocycles. The molecule has 3 heterocycles. The van der Waals surface area contributed by atoms with E-state index in [0.717, 1.165) is 42.4 Å². The van der Waals surface area contributed by atoms with Crippen molar-refractivity contribution in [1.82, 2.24) is 9.97 Å². The van der Waals surface area contributed by atoms with E-state index in [9.17, 15) is 15.0 Å². The van der Waals surface area contributed by atoms with Crippen molar-refractivity contribution in [1.29, 1.82) is 0 Å². The maximum Gasteiger partial charge on any atom is 0.344 e. The van der Waals surface area contributed by atoms with E-state index in [1.54, 1.807) is 43.6 Å². The van der Waals surface area contributed by atoms with Crippen molar-refractivity contribution in [2.75, 3.05) is 25.1 Å². The summed E-state index contributed by atoms with van der Waals surface area (Å²) in [6.45, 7) is 3.62. The highest BCUT2D eigenvalue weighted by Gasteiger charge is 2.22. The van der Waals surface area contributed by atoms with E-state index in [-0.39, 0.29) is 17.9 Å². The zero-order valence-corrected chi connectivity index (χ0v) is 23.1. The van der Waals surface area contributed by atoms with Gasteiger partial charge in [0.2, 0.25) is 5.95 Å². The first-order valence-corrected chi connectivity index (χ1v) is 13.8. The number of piperidine rings is 1. The molecule has 0 radical (unpaired) electrons. The van der Waals surface area contributed by atoms with Gasteiger partial charge < -0.3 is 24.3 Å². The van der Waals surface area contributed by atoms with Crippen LogP contribution in [0.5, 0.6) is 17.2 Å². The van der Waals surface area contributed by atoms with Gasteiger partial charge in [0.1, 0.15) is 22.8 Å². The second-order valence-electron chi connectivity index (χ2n) is 10.3. The van der Waals surface area contributed by atoms with E-state index in [0.29, 0.717) is 45.2 Å². The molecule has 8 nitrogen and oxygen atoms in total. The summed E-state index contributed by atoms with van der Waals surface area (Å²) in [5.74, 6) is 1.13. The Labute approximate surface area is 237 Å². The molecule has 0 spiro atoms. The molecule has 1 fully saturated rings. The third kappa shape index (κ3) is 4.97. The summed E-state index contributed by atoms with van der Waals surface area (Å²) in [5.41, 5.74) is 4.06. The Morgan fingerprint density at radius 1 is 0.976 bits per heavy atom. The quantitative estimate of drug-likeness (QED) is 0.240. The Morgan fingerprint density at radius 3 is 2.49 bits per heavy atom. The van der Waals surface area contributed by atoms with Crippen molar-refractivity contribution in [3.63, 3.8) is 0 Å². The molecule has 0 atom stereocenters. The average molecular weight is 550 g/mol. The molecular weight excluding hydrogens is 518 g/mol. The number of benzene rings is 3. The van der Waals surface area contributed by atoms with Crippen LogP contribution in [-0.4, -0.2) is 40.4 Å². The maximum absolute atomic E-state index is 13.3. The first kappa shape index (κ1) is 26.4. The molecule has 2 N–H and O–H groups in total. The number of phenols is 2. The molecule has 1 aliphatic heterocycles. The number of aromatic nitrogens is 2. The zero-order valence-electron chi connectivity index (χ0n) is 23.1. The SMILES string of the molecule is COc1ccc(-c2nc(N3CCCCC3)ncc2Cc2c(O)ccc3c(C)c(-c4ccccc4)c(=O)oc23)c(O)c1. The number of ether oxygens (including phenoxy) is 1. The van der Waals surface area contributed by atoms with Crippen LogP contribution in [0.1, 0.15) is 36.0 Å². The number of fused-ring (bicyclic) bond motifs is 1. The minimum absolute atomic E-state index is 0.00230. The molecule has 0 bridgehead atoms. The minimum Gasteiger partial charge on any atom is -0.508 e. The number of hydrogen-bond acceptors (Lipinski definition) is 8. The first-order chi connectivity index (χ1) is 19.9. The lowest BCUT2D eigenvalue weighted by Gasteiger charge is -2.27. The number of rotatable bonds is 6. The molecule has 0 unspecified atom stereocenters. The highest BCUT2D eigenvalue weighted by molar-refractivity contribution is 5.90. The van der Waals surface area contributed by atoms with E-state index in [1.165, 1.54) is 6.42 Å². The second-order valence-corrected chi connectivity index (χ2v) is 10.3. The first-order valence-electron chi connectivity index (χ1n) is 13.8. The molecule has 1 saturated heterocycles. The van der Waals surface area contributed by atoms with Crippen LogP contribution < -0.4 is 15.3 Å². The molecule has 208 valence electrons. The van der Waals surface area contributed by atoms with Crippen molar-refractivity contribution in [2.24, 2.45) is 0 Å². The van der Waals surface area contributed by atoms with Gasteiger partial charge in [0.25, 0.3) is 0 Å². The number of phenolic OH excluding ortho intramolecular Hbond substituents is 2. The molecule has 3 aromatic carbocycles. The normalized spacial score (nSPS) is 13.5. The highest BCUT2D eigenvalue weighted by Crippen LogP contribution is 2.38. The van der Waals surface area contributed by atoms with Crippen LogP contribution in [0.25, 0.3) is 33.4 Å². The molecule has 2 aromatic heterocycles. The number of methoxy groups -OCH3 is 1. The third-order valence-electron chi connectivity index (χ3n) is 7.79. The lowest BCUT2D eigenvalue weighted by molar-refractivity contribution is 0.408. The van der Waals surface area contributed by atoms with Gasteiger partial charge in [-0.3, -0.25) is 0 Å². The fourth-order valence-corrected chi connectivity index (χ4v) is 5.61. The maximum atomic E-state index is 13.3. The number of anilines is 1. The van der Waals surface area contributed by atoms with Crippen molar-refractivity contribution in [3.8, 4) is 39.6 Å². The third-order valence-corrected chi connectivity index (χ3v) is 7.79. The summed E-state index contributed by atoms with van der Waals surface area (Å²) < 4.78 is 11.2. The van der Waals surface area contributed by atoms with Crippen LogP contribution >= 0.6 is 0 Å². The van der Waals surface area contributed by atoms with Gasteiger partial charge in [-0.1, -0.05) is 30.3 Å². The number of aromatic hydroxyl groups is 2. The Balaban J connectivity index is 1.50. The van der Waals surface area contributed by atoms with Gasteiger partial charge >= 0.3 is 5.63 Å². The predicted molar refractivity (Wildman–Crippen MR) is 159 cm³/mol. The van der Waals surface area contributed by atoms with Crippen LogP contribution in [0.2, 0.25) is 0 Å². The average Bonchev–Trinajstić information content (AvgIpc) is 3.00. The Bertz CT molecular complexity index is 1790. The van der Waals surface area contributed by atoms with Gasteiger partial charge in [0, 0.05) is 53.9 Å². The number of nitrogens with zero attached hydrogens (tertiary/aromatic N) is 3. The van der Waals surface area contributed by atoms with Crippen molar-refractivity contribution in [3.05, 3.63) is 94.0 Å². The summed E-state index contributed by atoms with van der Waals surface area (Å²) >= 11 is 0. The van der Waals surface area contributed by atoms with E-state index < -0.39 is 5.63 Å². The van der Waals surface area contributed by atoms with E-state index in [2.05, 4.69) is 9.88 Å². The molecular formula is C33H31N3O5. The van der Waals surface area contributed by atoms with E-state index in [4.69, 9.17) is 14.1 Å². The molecule has 8 heteroatoms. The lowest BCUT2D eigenvalue weighted by atomic mass is 9.95. The smallest absolute Gasteiger partial charge is 0.344 e. The van der Waals surface area contributed by atoms with Crippen LogP contribution in [0, 0.1) is 6.92 Å². The summed E-state index contributed by atoms with van der Waals surface area (Å²) in [7, 11) is 1.54. The fraction of sp³-hybridized carbons (Fsp3) is 0.242. The van der Waals surface area contributed by atoms with Crippen molar-refractivity contribution >= 4 is 16.9 Å². The lowest BCUT2D eigenvalue weighted by Crippen LogP contribution is -2.31. The molecule has 41 heavy (non-hydrogen) atoms. The summed E-state index contributed by atoms with van der Waals surface area (Å²) in [5, 5.41) is 22.7. The van der Waals surface area contributed by atoms with E-state index in [1.807, 2.05) is 37.3 Å².